The van der Waals surface area contributed by atoms with Crippen molar-refractivity contribution in [3.63, 3.8) is 0 Å². The maximum absolute atomic E-state index is 14.1. The summed E-state index contributed by atoms with van der Waals surface area (Å²) in [6.07, 6.45) is 7.66. The number of piperidine rings is 1. The molecule has 0 radical (unpaired) electrons. The van der Waals surface area contributed by atoms with Crippen LogP contribution in [0.1, 0.15) is 44.6 Å². The van der Waals surface area contributed by atoms with Gasteiger partial charge in [-0.25, -0.2) is 0 Å². The van der Waals surface area contributed by atoms with Crippen molar-refractivity contribution in [2.75, 3.05) is 32.7 Å². The molecule has 4 heterocycles. The predicted molar refractivity (Wildman–Crippen MR) is 157 cm³/mol. The molecular formula is C33H35N5O3. The number of carbonyl (C=O) groups excluding carboxylic acids is 3. The molecule has 1 saturated carbocycles. The van der Waals surface area contributed by atoms with Gasteiger partial charge in [0.25, 0.3) is 5.91 Å². The van der Waals surface area contributed by atoms with Crippen molar-refractivity contribution in [1.82, 2.24) is 19.7 Å². The zero-order chi connectivity index (χ0) is 28.1. The Morgan fingerprint density at radius 2 is 1.61 bits per heavy atom. The van der Waals surface area contributed by atoms with E-state index in [2.05, 4.69) is 47.4 Å². The van der Waals surface area contributed by atoms with E-state index in [4.69, 9.17) is 4.99 Å². The number of pyridine rings is 1. The molecule has 8 heteroatoms. The van der Waals surface area contributed by atoms with Crippen LogP contribution in [0.4, 0.5) is 0 Å². The number of carbonyl (C=O) groups is 3. The van der Waals surface area contributed by atoms with Gasteiger partial charge in [-0.3, -0.25) is 29.3 Å². The number of nitrogens with zero attached hydrogens (tertiary/aromatic N) is 5. The molecule has 41 heavy (non-hydrogen) atoms. The number of aromatic nitrogens is 1. The van der Waals surface area contributed by atoms with Crippen LogP contribution in [-0.4, -0.2) is 81.5 Å². The third-order valence-electron chi connectivity index (χ3n) is 9.34. The summed E-state index contributed by atoms with van der Waals surface area (Å²) in [5.41, 5.74) is 2.31. The van der Waals surface area contributed by atoms with Gasteiger partial charge < -0.3 is 9.80 Å². The van der Waals surface area contributed by atoms with Gasteiger partial charge in [0.2, 0.25) is 11.8 Å². The van der Waals surface area contributed by atoms with Gasteiger partial charge in [-0.05, 0) is 66.7 Å². The van der Waals surface area contributed by atoms with Crippen molar-refractivity contribution in [3.05, 3.63) is 66.5 Å². The van der Waals surface area contributed by atoms with Gasteiger partial charge in [-0.2, -0.15) is 0 Å². The standard InChI is InChI=1S/C33H35N5O3/c1-22(39)36-16-12-33(13-17-36)32(41)38(21-23-11-15-37(20-23)31(40)26-6-7-26)30(35-33)25-4-2-24(3-5-25)27-8-9-29-19-34-14-10-28(29)18-27/h2-5,8-10,14,18-19,23,26H,6-7,11-13,15-17,20-21H2,1H3/t23-/m1/s1. The van der Waals surface area contributed by atoms with Crippen LogP contribution in [0.15, 0.2) is 65.9 Å². The molecule has 1 atom stereocenters. The monoisotopic (exact) mass is 549 g/mol. The molecule has 3 fully saturated rings. The molecule has 1 aromatic heterocycles. The molecule has 0 N–H and O–H groups in total. The fraction of sp³-hybridized carbons (Fsp3) is 0.424. The topological polar surface area (TPSA) is 86.2 Å². The molecule has 3 aliphatic heterocycles. The number of amidine groups is 1. The highest BCUT2D eigenvalue weighted by molar-refractivity contribution is 6.15. The number of amides is 3. The molecule has 210 valence electrons. The Morgan fingerprint density at radius 3 is 2.34 bits per heavy atom. The molecule has 0 unspecified atom stereocenters. The molecular weight excluding hydrogens is 514 g/mol. The summed E-state index contributed by atoms with van der Waals surface area (Å²) in [5, 5.41) is 2.25. The molecule has 2 aromatic carbocycles. The van der Waals surface area contributed by atoms with Crippen molar-refractivity contribution < 1.29 is 14.4 Å². The minimum atomic E-state index is -0.825. The minimum Gasteiger partial charge on any atom is -0.343 e. The SMILES string of the molecule is CC(=O)N1CCC2(CC1)N=C(c1ccc(-c3ccc4cnccc4c3)cc1)N(C[C@@H]1CCN(C(=O)C3CC3)C1)C2=O. The van der Waals surface area contributed by atoms with Crippen molar-refractivity contribution in [1.29, 1.82) is 0 Å². The van der Waals surface area contributed by atoms with Crippen LogP contribution in [0.2, 0.25) is 0 Å². The summed E-state index contributed by atoms with van der Waals surface area (Å²) >= 11 is 0. The highest BCUT2D eigenvalue weighted by Gasteiger charge is 2.51. The van der Waals surface area contributed by atoms with E-state index >= 15 is 0 Å². The zero-order valence-electron chi connectivity index (χ0n) is 23.5. The molecule has 3 amide bonds. The second-order valence-electron chi connectivity index (χ2n) is 12.1. The minimum absolute atomic E-state index is 0.0369. The molecule has 8 nitrogen and oxygen atoms in total. The van der Waals surface area contributed by atoms with Crippen LogP contribution in [0.3, 0.4) is 0 Å². The summed E-state index contributed by atoms with van der Waals surface area (Å²) in [4.78, 5) is 53.8. The number of hydrogen-bond acceptors (Lipinski definition) is 5. The molecule has 1 spiro atoms. The second-order valence-corrected chi connectivity index (χ2v) is 12.1. The summed E-state index contributed by atoms with van der Waals surface area (Å²) in [5.74, 6) is 1.52. The number of likely N-dealkylation sites (tertiary alicyclic amines) is 2. The van der Waals surface area contributed by atoms with Gasteiger partial charge in [0.05, 0.1) is 0 Å². The van der Waals surface area contributed by atoms with Gasteiger partial charge in [0.1, 0.15) is 11.4 Å². The Bertz CT molecular complexity index is 1550. The van der Waals surface area contributed by atoms with E-state index in [1.807, 2.05) is 27.0 Å². The lowest BCUT2D eigenvalue weighted by Gasteiger charge is -2.36. The van der Waals surface area contributed by atoms with Crippen LogP contribution in [-0.2, 0) is 14.4 Å². The largest absolute Gasteiger partial charge is 0.343 e. The van der Waals surface area contributed by atoms with Crippen molar-refractivity contribution >= 4 is 34.3 Å². The molecule has 0 bridgehead atoms. The van der Waals surface area contributed by atoms with E-state index in [1.165, 1.54) is 0 Å². The third-order valence-corrected chi connectivity index (χ3v) is 9.34. The number of fused-ring (bicyclic) bond motifs is 1. The quantitative estimate of drug-likeness (QED) is 0.479. The number of hydrogen-bond donors (Lipinski definition) is 0. The zero-order valence-corrected chi connectivity index (χ0v) is 23.5. The Kier molecular flexibility index (Phi) is 6.36. The molecule has 3 aromatic rings. The lowest BCUT2D eigenvalue weighted by atomic mass is 9.87. The second kappa shape index (κ2) is 10.1. The molecule has 1 aliphatic carbocycles. The fourth-order valence-electron chi connectivity index (χ4n) is 6.67. The Hall–Kier alpha value is -4.07. The van der Waals surface area contributed by atoms with Crippen LogP contribution >= 0.6 is 0 Å². The first-order valence-corrected chi connectivity index (χ1v) is 14.8. The van der Waals surface area contributed by atoms with E-state index in [0.717, 1.165) is 59.1 Å². The molecule has 4 aliphatic rings. The van der Waals surface area contributed by atoms with Crippen LogP contribution in [0.5, 0.6) is 0 Å². The van der Waals surface area contributed by atoms with Crippen LogP contribution in [0.25, 0.3) is 21.9 Å². The highest BCUT2D eigenvalue weighted by Crippen LogP contribution is 2.38. The first-order chi connectivity index (χ1) is 19.9. The maximum Gasteiger partial charge on any atom is 0.256 e. The average molecular weight is 550 g/mol. The number of benzene rings is 2. The van der Waals surface area contributed by atoms with Crippen LogP contribution < -0.4 is 0 Å². The Morgan fingerprint density at radius 1 is 0.878 bits per heavy atom. The van der Waals surface area contributed by atoms with Crippen molar-refractivity contribution in [2.45, 2.75) is 44.6 Å². The first-order valence-electron chi connectivity index (χ1n) is 14.8. The fourth-order valence-corrected chi connectivity index (χ4v) is 6.67. The van der Waals surface area contributed by atoms with Gasteiger partial charge in [-0.15, -0.1) is 0 Å². The van der Waals surface area contributed by atoms with E-state index < -0.39 is 5.54 Å². The molecule has 7 rings (SSSR count). The summed E-state index contributed by atoms with van der Waals surface area (Å²) in [6.45, 7) is 4.69. The highest BCUT2D eigenvalue weighted by atomic mass is 16.2. The number of rotatable bonds is 5. The van der Waals surface area contributed by atoms with Gasteiger partial charge in [0, 0.05) is 68.9 Å². The van der Waals surface area contributed by atoms with E-state index in [0.29, 0.717) is 39.0 Å². The van der Waals surface area contributed by atoms with Gasteiger partial charge in [-0.1, -0.05) is 36.4 Å². The average Bonchev–Trinajstić information content (AvgIpc) is 3.70. The van der Waals surface area contributed by atoms with Crippen molar-refractivity contribution in [2.24, 2.45) is 16.8 Å². The lowest BCUT2D eigenvalue weighted by Crippen LogP contribution is -2.51. The lowest BCUT2D eigenvalue weighted by molar-refractivity contribution is -0.137. The Labute approximate surface area is 240 Å². The third kappa shape index (κ3) is 4.79. The van der Waals surface area contributed by atoms with Crippen molar-refractivity contribution in [3.8, 4) is 11.1 Å². The Balaban J connectivity index is 1.16. The summed E-state index contributed by atoms with van der Waals surface area (Å²) in [6, 6.07) is 16.7. The van der Waals surface area contributed by atoms with Crippen LogP contribution in [0, 0.1) is 11.8 Å². The van der Waals surface area contributed by atoms with E-state index in [-0.39, 0.29) is 29.6 Å². The summed E-state index contributed by atoms with van der Waals surface area (Å²) in [7, 11) is 0. The van der Waals surface area contributed by atoms with Gasteiger partial charge >= 0.3 is 0 Å². The van der Waals surface area contributed by atoms with E-state index in [1.54, 1.807) is 13.1 Å². The molecule has 2 saturated heterocycles. The smallest absolute Gasteiger partial charge is 0.256 e. The maximum atomic E-state index is 14.1. The predicted octanol–water partition coefficient (Wildman–Crippen LogP) is 4.13. The van der Waals surface area contributed by atoms with E-state index in [9.17, 15) is 14.4 Å². The number of aliphatic imine (C=N–C) groups is 1. The first kappa shape index (κ1) is 25.9. The summed E-state index contributed by atoms with van der Waals surface area (Å²) < 4.78 is 0. The van der Waals surface area contributed by atoms with Gasteiger partial charge in [0.15, 0.2) is 0 Å². The normalized spacial score (nSPS) is 22.1.